The smallest absolute Gasteiger partial charge is 0.226 e. The summed E-state index contributed by atoms with van der Waals surface area (Å²) in [5, 5.41) is 0. The van der Waals surface area contributed by atoms with E-state index < -0.39 is 0 Å². The molecule has 20 heavy (non-hydrogen) atoms. The predicted octanol–water partition coefficient (Wildman–Crippen LogP) is 5.18. The molecule has 0 saturated heterocycles. The van der Waals surface area contributed by atoms with Crippen LogP contribution in [0, 0.1) is 0 Å². The number of carbonyl (C=O) groups is 1. The first-order valence-electron chi connectivity index (χ1n) is 8.07. The molecule has 0 atom stereocenters. The van der Waals surface area contributed by atoms with Crippen molar-refractivity contribution in [2.75, 3.05) is 11.9 Å². The van der Waals surface area contributed by atoms with Gasteiger partial charge in [-0.3, -0.25) is 4.79 Å². The molecule has 112 valence electrons. The third-order valence-electron chi connectivity index (χ3n) is 3.76. The van der Waals surface area contributed by atoms with Crippen LogP contribution in [0.3, 0.4) is 0 Å². The van der Waals surface area contributed by atoms with Crippen LogP contribution in [-0.4, -0.2) is 13.0 Å². The first-order chi connectivity index (χ1) is 9.75. The highest BCUT2D eigenvalue weighted by Gasteiger charge is 2.09. The van der Waals surface area contributed by atoms with Crippen molar-refractivity contribution in [3.05, 3.63) is 30.3 Å². The summed E-state index contributed by atoms with van der Waals surface area (Å²) < 4.78 is 0. The Morgan fingerprint density at radius 1 is 0.900 bits per heavy atom. The Labute approximate surface area is 124 Å². The maximum absolute atomic E-state index is 12.0. The van der Waals surface area contributed by atoms with Gasteiger partial charge in [0.2, 0.25) is 5.91 Å². The summed E-state index contributed by atoms with van der Waals surface area (Å²) in [6.45, 7) is 2.24. The van der Waals surface area contributed by atoms with Gasteiger partial charge in [-0.05, 0) is 18.6 Å². The molecule has 1 aromatic carbocycles. The third-order valence-corrected chi connectivity index (χ3v) is 3.76. The second kappa shape index (κ2) is 10.5. The monoisotopic (exact) mass is 275 g/mol. The molecular formula is C18H29NO. The van der Waals surface area contributed by atoms with Crippen molar-refractivity contribution in [2.45, 2.75) is 64.7 Å². The minimum absolute atomic E-state index is 0.224. The minimum atomic E-state index is 0.224. The van der Waals surface area contributed by atoms with Gasteiger partial charge < -0.3 is 4.90 Å². The molecule has 0 fully saturated rings. The number of benzene rings is 1. The molecule has 0 saturated carbocycles. The summed E-state index contributed by atoms with van der Waals surface area (Å²) in [5.74, 6) is 0.224. The van der Waals surface area contributed by atoms with Crippen LogP contribution in [0.15, 0.2) is 30.3 Å². The average Bonchev–Trinajstić information content (AvgIpc) is 2.50. The van der Waals surface area contributed by atoms with Crippen LogP contribution in [0.2, 0.25) is 0 Å². The number of carbonyl (C=O) groups excluding carboxylic acids is 1. The molecule has 1 rings (SSSR count). The number of rotatable bonds is 10. The van der Waals surface area contributed by atoms with Crippen LogP contribution in [0.1, 0.15) is 64.7 Å². The molecule has 1 aromatic rings. The Morgan fingerprint density at radius 3 is 2.05 bits per heavy atom. The van der Waals surface area contributed by atoms with Crippen molar-refractivity contribution < 1.29 is 4.79 Å². The summed E-state index contributed by atoms with van der Waals surface area (Å²) in [6.07, 6.45) is 10.8. The molecule has 0 aliphatic carbocycles. The quantitative estimate of drug-likeness (QED) is 0.539. The lowest BCUT2D eigenvalue weighted by Gasteiger charge is -2.17. The minimum Gasteiger partial charge on any atom is -0.316 e. The number of para-hydroxylation sites is 1. The van der Waals surface area contributed by atoms with E-state index in [2.05, 4.69) is 6.92 Å². The zero-order valence-electron chi connectivity index (χ0n) is 13.1. The van der Waals surface area contributed by atoms with Gasteiger partial charge in [0.1, 0.15) is 0 Å². The number of hydrogen-bond donors (Lipinski definition) is 0. The van der Waals surface area contributed by atoms with E-state index in [1.165, 1.54) is 44.9 Å². The van der Waals surface area contributed by atoms with E-state index in [0.29, 0.717) is 6.42 Å². The molecule has 0 aliphatic heterocycles. The SMILES string of the molecule is CCCCCCCCCCC(=O)N(C)c1ccccc1. The van der Waals surface area contributed by atoms with E-state index in [4.69, 9.17) is 0 Å². The van der Waals surface area contributed by atoms with Crippen molar-refractivity contribution in [2.24, 2.45) is 0 Å². The number of hydrogen-bond acceptors (Lipinski definition) is 1. The number of anilines is 1. The van der Waals surface area contributed by atoms with Gasteiger partial charge in [-0.1, -0.05) is 70.1 Å². The lowest BCUT2D eigenvalue weighted by Crippen LogP contribution is -2.25. The lowest BCUT2D eigenvalue weighted by atomic mass is 10.1. The average molecular weight is 275 g/mol. The van der Waals surface area contributed by atoms with Crippen LogP contribution in [0.25, 0.3) is 0 Å². The van der Waals surface area contributed by atoms with Crippen molar-refractivity contribution in [3.8, 4) is 0 Å². The number of amides is 1. The Hall–Kier alpha value is -1.31. The lowest BCUT2D eigenvalue weighted by molar-refractivity contribution is -0.118. The first kappa shape index (κ1) is 16.7. The third kappa shape index (κ3) is 6.74. The zero-order valence-corrected chi connectivity index (χ0v) is 13.1. The normalized spacial score (nSPS) is 10.5. The fraction of sp³-hybridized carbons (Fsp3) is 0.611. The zero-order chi connectivity index (χ0) is 14.6. The first-order valence-corrected chi connectivity index (χ1v) is 8.07. The Balaban J connectivity index is 2.08. The second-order valence-corrected chi connectivity index (χ2v) is 5.51. The van der Waals surface area contributed by atoms with Gasteiger partial charge in [0.05, 0.1) is 0 Å². The fourth-order valence-electron chi connectivity index (χ4n) is 2.37. The van der Waals surface area contributed by atoms with Crippen LogP contribution >= 0.6 is 0 Å². The summed E-state index contributed by atoms with van der Waals surface area (Å²) in [6, 6.07) is 9.86. The number of unbranched alkanes of at least 4 members (excludes halogenated alkanes) is 7. The highest BCUT2D eigenvalue weighted by molar-refractivity contribution is 5.92. The van der Waals surface area contributed by atoms with E-state index >= 15 is 0 Å². The van der Waals surface area contributed by atoms with Gasteiger partial charge >= 0.3 is 0 Å². The van der Waals surface area contributed by atoms with Crippen molar-refractivity contribution >= 4 is 11.6 Å². The van der Waals surface area contributed by atoms with E-state index in [0.717, 1.165) is 12.1 Å². The molecule has 0 aliphatic rings. The van der Waals surface area contributed by atoms with Crippen LogP contribution in [0.4, 0.5) is 5.69 Å². The van der Waals surface area contributed by atoms with E-state index in [-0.39, 0.29) is 5.91 Å². The summed E-state index contributed by atoms with van der Waals surface area (Å²) in [5.41, 5.74) is 0.983. The summed E-state index contributed by atoms with van der Waals surface area (Å²) in [7, 11) is 1.86. The molecular weight excluding hydrogens is 246 g/mol. The van der Waals surface area contributed by atoms with Gasteiger partial charge in [0, 0.05) is 19.2 Å². The van der Waals surface area contributed by atoms with Crippen LogP contribution in [0.5, 0.6) is 0 Å². The summed E-state index contributed by atoms with van der Waals surface area (Å²) in [4.78, 5) is 13.8. The molecule has 1 amide bonds. The summed E-state index contributed by atoms with van der Waals surface area (Å²) >= 11 is 0. The van der Waals surface area contributed by atoms with Crippen LogP contribution < -0.4 is 4.90 Å². The van der Waals surface area contributed by atoms with Gasteiger partial charge in [-0.15, -0.1) is 0 Å². The molecule has 0 unspecified atom stereocenters. The van der Waals surface area contributed by atoms with Crippen molar-refractivity contribution in [3.63, 3.8) is 0 Å². The van der Waals surface area contributed by atoms with Gasteiger partial charge in [0.25, 0.3) is 0 Å². The maximum Gasteiger partial charge on any atom is 0.226 e. The van der Waals surface area contributed by atoms with Gasteiger partial charge in [-0.2, -0.15) is 0 Å². The molecule has 0 aromatic heterocycles. The molecule has 0 spiro atoms. The fourth-order valence-corrected chi connectivity index (χ4v) is 2.37. The molecule has 0 bridgehead atoms. The Morgan fingerprint density at radius 2 is 1.45 bits per heavy atom. The highest BCUT2D eigenvalue weighted by atomic mass is 16.2. The molecule has 0 N–H and O–H groups in total. The Bertz CT molecular complexity index is 361. The van der Waals surface area contributed by atoms with Gasteiger partial charge in [-0.25, -0.2) is 0 Å². The molecule has 2 heteroatoms. The van der Waals surface area contributed by atoms with Crippen LogP contribution in [-0.2, 0) is 4.79 Å². The van der Waals surface area contributed by atoms with Crippen molar-refractivity contribution in [1.82, 2.24) is 0 Å². The standard InChI is InChI=1S/C18H29NO/c1-3-4-5-6-7-8-9-13-16-18(20)19(2)17-14-11-10-12-15-17/h10-12,14-15H,3-9,13,16H2,1-2H3. The van der Waals surface area contributed by atoms with E-state index in [1.807, 2.05) is 37.4 Å². The molecule has 0 heterocycles. The topological polar surface area (TPSA) is 20.3 Å². The molecule has 0 radical (unpaired) electrons. The Kier molecular flexibility index (Phi) is 8.77. The number of nitrogens with zero attached hydrogens (tertiary/aromatic N) is 1. The van der Waals surface area contributed by atoms with E-state index in [9.17, 15) is 4.79 Å². The molecule has 2 nitrogen and oxygen atoms in total. The maximum atomic E-state index is 12.0. The predicted molar refractivity (Wildman–Crippen MR) is 87.1 cm³/mol. The van der Waals surface area contributed by atoms with Crippen molar-refractivity contribution in [1.29, 1.82) is 0 Å². The highest BCUT2D eigenvalue weighted by Crippen LogP contribution is 2.14. The largest absolute Gasteiger partial charge is 0.316 e. The van der Waals surface area contributed by atoms with E-state index in [1.54, 1.807) is 4.90 Å². The second-order valence-electron chi connectivity index (χ2n) is 5.51. The van der Waals surface area contributed by atoms with Gasteiger partial charge in [0.15, 0.2) is 0 Å².